The molecule has 2 spiro atoms. The molecule has 3 aliphatic rings. The van der Waals surface area contributed by atoms with E-state index in [1.165, 1.54) is 64.2 Å². The molecule has 0 heterocycles. The van der Waals surface area contributed by atoms with Crippen molar-refractivity contribution in [1.29, 1.82) is 0 Å². The molecule has 0 bridgehead atoms. The molecule has 0 nitrogen and oxygen atoms in total. The summed E-state index contributed by atoms with van der Waals surface area (Å²) >= 11 is 0. The quantitative estimate of drug-likeness (QED) is 0.488. The molecule has 3 rings (SSSR count). The first-order valence-corrected chi connectivity index (χ1v) is 7.37. The molecule has 2 saturated carbocycles. The van der Waals surface area contributed by atoms with Crippen molar-refractivity contribution in [2.45, 2.75) is 78.1 Å². The molecule has 0 aliphatic heterocycles. The zero-order valence-electron chi connectivity index (χ0n) is 11.1. The molecule has 0 heteroatoms. The van der Waals surface area contributed by atoms with E-state index in [-0.39, 0.29) is 0 Å². The van der Waals surface area contributed by atoms with Crippen LogP contribution in [0, 0.1) is 10.8 Å². The molecule has 2 fully saturated rings. The average Bonchev–Trinajstić information content (AvgIpc) is 2.93. The zero-order valence-corrected chi connectivity index (χ0v) is 11.1. The standard InChI is InChI=1S/C16H26/c1-13-14(2)16(9-5-6-10-16)12-11-15(13)7-3-4-8-15/h3-12H2,1-2H3. The van der Waals surface area contributed by atoms with Crippen molar-refractivity contribution in [2.24, 2.45) is 10.8 Å². The Morgan fingerprint density at radius 3 is 1.19 bits per heavy atom. The molecule has 0 aromatic heterocycles. The van der Waals surface area contributed by atoms with Crippen LogP contribution in [0.5, 0.6) is 0 Å². The summed E-state index contributed by atoms with van der Waals surface area (Å²) in [7, 11) is 0. The predicted molar refractivity (Wildman–Crippen MR) is 69.4 cm³/mol. The predicted octanol–water partition coefficient (Wildman–Crippen LogP) is 5.24. The van der Waals surface area contributed by atoms with Gasteiger partial charge in [-0.15, -0.1) is 0 Å². The second-order valence-corrected chi connectivity index (χ2v) is 6.72. The summed E-state index contributed by atoms with van der Waals surface area (Å²) in [6.45, 7) is 4.94. The molecule has 0 N–H and O–H groups in total. The topological polar surface area (TPSA) is 0 Å². The van der Waals surface area contributed by atoms with Gasteiger partial charge in [0.05, 0.1) is 0 Å². The lowest BCUT2D eigenvalue weighted by Crippen LogP contribution is -2.33. The number of hydrogen-bond donors (Lipinski definition) is 0. The van der Waals surface area contributed by atoms with E-state index in [2.05, 4.69) is 13.8 Å². The van der Waals surface area contributed by atoms with Crippen LogP contribution < -0.4 is 0 Å². The van der Waals surface area contributed by atoms with Crippen LogP contribution in [0.15, 0.2) is 11.1 Å². The number of allylic oxidation sites excluding steroid dienone is 2. The smallest absolute Gasteiger partial charge is 0.00877 e. The van der Waals surface area contributed by atoms with Gasteiger partial charge in [0.15, 0.2) is 0 Å². The molecule has 0 atom stereocenters. The molecule has 16 heavy (non-hydrogen) atoms. The minimum Gasteiger partial charge on any atom is -0.0676 e. The van der Waals surface area contributed by atoms with Crippen molar-refractivity contribution in [1.82, 2.24) is 0 Å². The van der Waals surface area contributed by atoms with Crippen LogP contribution in [0.1, 0.15) is 78.1 Å². The van der Waals surface area contributed by atoms with E-state index in [0.29, 0.717) is 10.8 Å². The highest BCUT2D eigenvalue weighted by Gasteiger charge is 2.47. The molecule has 0 radical (unpaired) electrons. The van der Waals surface area contributed by atoms with Gasteiger partial charge in [-0.25, -0.2) is 0 Å². The van der Waals surface area contributed by atoms with Crippen LogP contribution in [-0.4, -0.2) is 0 Å². The highest BCUT2D eigenvalue weighted by Crippen LogP contribution is 2.60. The van der Waals surface area contributed by atoms with Gasteiger partial charge >= 0.3 is 0 Å². The lowest BCUT2D eigenvalue weighted by Gasteiger charge is -2.45. The second-order valence-electron chi connectivity index (χ2n) is 6.72. The summed E-state index contributed by atoms with van der Waals surface area (Å²) in [6, 6.07) is 0. The van der Waals surface area contributed by atoms with Gasteiger partial charge in [0, 0.05) is 0 Å². The van der Waals surface area contributed by atoms with E-state index in [0.717, 1.165) is 0 Å². The molecule has 0 aromatic carbocycles. The Balaban J connectivity index is 1.98. The van der Waals surface area contributed by atoms with E-state index in [4.69, 9.17) is 0 Å². The van der Waals surface area contributed by atoms with Gasteiger partial charge in [-0.1, -0.05) is 36.8 Å². The number of hydrogen-bond acceptors (Lipinski definition) is 0. The molecular formula is C16H26. The average molecular weight is 218 g/mol. The monoisotopic (exact) mass is 218 g/mol. The van der Waals surface area contributed by atoms with Crippen molar-refractivity contribution >= 4 is 0 Å². The first-order valence-electron chi connectivity index (χ1n) is 7.37. The minimum absolute atomic E-state index is 0.665. The Hall–Kier alpha value is -0.260. The first kappa shape index (κ1) is 10.9. The Bertz CT molecular complexity index is 277. The second kappa shape index (κ2) is 3.62. The van der Waals surface area contributed by atoms with E-state index >= 15 is 0 Å². The SMILES string of the molecule is CC1=C(C)C2(CCCC2)CCC12CCCC2. The van der Waals surface area contributed by atoms with Gasteiger partial charge in [-0.2, -0.15) is 0 Å². The Labute approximate surface area is 101 Å². The molecule has 3 aliphatic carbocycles. The van der Waals surface area contributed by atoms with Crippen LogP contribution in [0.3, 0.4) is 0 Å². The molecule has 0 amide bonds. The summed E-state index contributed by atoms with van der Waals surface area (Å²) in [4.78, 5) is 0. The summed E-state index contributed by atoms with van der Waals surface area (Å²) in [5.41, 5.74) is 4.96. The lowest BCUT2D eigenvalue weighted by atomic mass is 9.59. The maximum Gasteiger partial charge on any atom is -0.00877 e. The van der Waals surface area contributed by atoms with Crippen molar-refractivity contribution in [3.8, 4) is 0 Å². The van der Waals surface area contributed by atoms with E-state index in [1.807, 2.05) is 11.1 Å². The third-order valence-corrected chi connectivity index (χ3v) is 6.36. The summed E-state index contributed by atoms with van der Waals surface area (Å²) < 4.78 is 0. The van der Waals surface area contributed by atoms with Gasteiger partial charge in [0.25, 0.3) is 0 Å². The first-order chi connectivity index (χ1) is 7.69. The minimum atomic E-state index is 0.665. The van der Waals surface area contributed by atoms with Gasteiger partial charge in [0.2, 0.25) is 0 Å². The van der Waals surface area contributed by atoms with Crippen LogP contribution in [-0.2, 0) is 0 Å². The van der Waals surface area contributed by atoms with Gasteiger partial charge < -0.3 is 0 Å². The molecular weight excluding hydrogens is 192 g/mol. The van der Waals surface area contributed by atoms with Gasteiger partial charge in [-0.05, 0) is 63.2 Å². The van der Waals surface area contributed by atoms with Crippen LogP contribution in [0.25, 0.3) is 0 Å². The summed E-state index contributed by atoms with van der Waals surface area (Å²) in [6.07, 6.45) is 14.9. The third kappa shape index (κ3) is 1.34. The van der Waals surface area contributed by atoms with Crippen molar-refractivity contribution < 1.29 is 0 Å². The fourth-order valence-corrected chi connectivity index (χ4v) is 5.00. The Kier molecular flexibility index (Phi) is 2.46. The van der Waals surface area contributed by atoms with Crippen molar-refractivity contribution in [3.63, 3.8) is 0 Å². The molecule has 0 unspecified atom stereocenters. The highest BCUT2D eigenvalue weighted by molar-refractivity contribution is 5.30. The van der Waals surface area contributed by atoms with E-state index in [1.54, 1.807) is 0 Å². The van der Waals surface area contributed by atoms with Crippen LogP contribution >= 0.6 is 0 Å². The van der Waals surface area contributed by atoms with Crippen LogP contribution in [0.2, 0.25) is 0 Å². The zero-order chi connectivity index (χ0) is 11.2. The fraction of sp³-hybridized carbons (Fsp3) is 0.875. The third-order valence-electron chi connectivity index (χ3n) is 6.36. The molecule has 90 valence electrons. The lowest BCUT2D eigenvalue weighted by molar-refractivity contribution is 0.204. The fourth-order valence-electron chi connectivity index (χ4n) is 5.00. The van der Waals surface area contributed by atoms with Crippen LogP contribution in [0.4, 0.5) is 0 Å². The summed E-state index contributed by atoms with van der Waals surface area (Å²) in [5.74, 6) is 0. The maximum atomic E-state index is 2.47. The largest absolute Gasteiger partial charge is 0.0676 e. The van der Waals surface area contributed by atoms with E-state index < -0.39 is 0 Å². The number of rotatable bonds is 0. The molecule has 0 aromatic rings. The Morgan fingerprint density at radius 2 is 0.875 bits per heavy atom. The maximum absolute atomic E-state index is 2.47. The normalized spacial score (nSPS) is 31.9. The van der Waals surface area contributed by atoms with Gasteiger partial charge in [0.1, 0.15) is 0 Å². The van der Waals surface area contributed by atoms with Gasteiger partial charge in [-0.3, -0.25) is 0 Å². The van der Waals surface area contributed by atoms with E-state index in [9.17, 15) is 0 Å². The highest BCUT2D eigenvalue weighted by atomic mass is 14.5. The summed E-state index contributed by atoms with van der Waals surface area (Å²) in [5, 5.41) is 0. The molecule has 0 saturated heterocycles. The van der Waals surface area contributed by atoms with Crippen molar-refractivity contribution in [2.75, 3.05) is 0 Å². The van der Waals surface area contributed by atoms with Crippen molar-refractivity contribution in [3.05, 3.63) is 11.1 Å². The Morgan fingerprint density at radius 1 is 0.562 bits per heavy atom.